The SMILES string of the molecule is O=S(=O)(c1ncccc1F)N(CC1CC1)CC1CCCN1. The first kappa shape index (κ1) is 14.9. The van der Waals surface area contributed by atoms with Crippen molar-refractivity contribution in [1.29, 1.82) is 0 Å². The van der Waals surface area contributed by atoms with Gasteiger partial charge in [0.25, 0.3) is 10.0 Å². The Kier molecular flexibility index (Phi) is 4.24. The smallest absolute Gasteiger partial charge is 0.263 e. The first-order chi connectivity index (χ1) is 10.1. The summed E-state index contributed by atoms with van der Waals surface area (Å²) in [4.78, 5) is 3.75. The van der Waals surface area contributed by atoms with Crippen LogP contribution in [0.5, 0.6) is 0 Å². The standard InChI is InChI=1S/C14H20FN3O2S/c15-13-4-2-8-17-14(13)21(19,20)18(9-11-5-6-11)10-12-3-1-7-16-12/h2,4,8,11-12,16H,1,3,5-7,9-10H2. The molecule has 0 bridgehead atoms. The molecule has 1 saturated carbocycles. The molecule has 0 amide bonds. The van der Waals surface area contributed by atoms with Crippen LogP contribution in [0.2, 0.25) is 0 Å². The van der Waals surface area contributed by atoms with E-state index < -0.39 is 20.9 Å². The Balaban J connectivity index is 1.84. The minimum Gasteiger partial charge on any atom is -0.313 e. The van der Waals surface area contributed by atoms with Crippen molar-refractivity contribution in [1.82, 2.24) is 14.6 Å². The van der Waals surface area contributed by atoms with Crippen LogP contribution in [0.4, 0.5) is 4.39 Å². The van der Waals surface area contributed by atoms with Crippen molar-refractivity contribution in [3.05, 3.63) is 24.1 Å². The largest absolute Gasteiger partial charge is 0.313 e. The molecule has 21 heavy (non-hydrogen) atoms. The third-order valence-electron chi connectivity index (χ3n) is 4.05. The van der Waals surface area contributed by atoms with Gasteiger partial charge in [-0.3, -0.25) is 0 Å². The maximum absolute atomic E-state index is 13.8. The summed E-state index contributed by atoms with van der Waals surface area (Å²) in [5.41, 5.74) is 0. The number of hydrogen-bond acceptors (Lipinski definition) is 4. The first-order valence-corrected chi connectivity index (χ1v) is 8.85. The van der Waals surface area contributed by atoms with Crippen LogP contribution in [0.15, 0.2) is 23.4 Å². The van der Waals surface area contributed by atoms with Crippen LogP contribution in [-0.4, -0.2) is 43.4 Å². The molecule has 0 aromatic carbocycles. The molecule has 1 atom stereocenters. The van der Waals surface area contributed by atoms with Crippen LogP contribution < -0.4 is 5.32 Å². The molecule has 2 fully saturated rings. The van der Waals surface area contributed by atoms with Gasteiger partial charge in [0, 0.05) is 25.3 Å². The summed E-state index contributed by atoms with van der Waals surface area (Å²) in [5.74, 6) is -0.370. The van der Waals surface area contributed by atoms with Crippen LogP contribution in [0.1, 0.15) is 25.7 Å². The summed E-state index contributed by atoms with van der Waals surface area (Å²) >= 11 is 0. The minimum absolute atomic E-state index is 0.158. The van der Waals surface area contributed by atoms with Crippen LogP contribution in [-0.2, 0) is 10.0 Å². The Hall–Kier alpha value is -1.05. The highest BCUT2D eigenvalue weighted by Crippen LogP contribution is 2.32. The molecule has 116 valence electrons. The average molecular weight is 313 g/mol. The summed E-state index contributed by atoms with van der Waals surface area (Å²) in [6, 6.07) is 2.70. The lowest BCUT2D eigenvalue weighted by atomic mass is 10.2. The van der Waals surface area contributed by atoms with Gasteiger partial charge in [0.2, 0.25) is 5.03 Å². The molecule has 7 heteroatoms. The van der Waals surface area contributed by atoms with Crippen molar-refractivity contribution in [2.24, 2.45) is 5.92 Å². The van der Waals surface area contributed by atoms with E-state index in [1.54, 1.807) is 0 Å². The van der Waals surface area contributed by atoms with Crippen molar-refractivity contribution < 1.29 is 12.8 Å². The van der Waals surface area contributed by atoms with Gasteiger partial charge in [0.15, 0.2) is 5.82 Å². The van der Waals surface area contributed by atoms with E-state index >= 15 is 0 Å². The monoisotopic (exact) mass is 313 g/mol. The summed E-state index contributed by atoms with van der Waals surface area (Å²) in [6.07, 6.45) is 5.43. The second-order valence-electron chi connectivity index (χ2n) is 5.85. The maximum Gasteiger partial charge on any atom is 0.263 e. The number of aromatic nitrogens is 1. The number of nitrogens with one attached hydrogen (secondary N) is 1. The number of nitrogens with zero attached hydrogens (tertiary/aromatic N) is 2. The molecule has 1 aromatic heterocycles. The van der Waals surface area contributed by atoms with Crippen LogP contribution in [0.3, 0.4) is 0 Å². The van der Waals surface area contributed by atoms with Gasteiger partial charge in [0.05, 0.1) is 0 Å². The highest BCUT2D eigenvalue weighted by atomic mass is 32.2. The number of hydrogen-bond donors (Lipinski definition) is 1. The van der Waals surface area contributed by atoms with Crippen molar-refractivity contribution in [3.8, 4) is 0 Å². The number of rotatable bonds is 6. The molecular formula is C14H20FN3O2S. The molecular weight excluding hydrogens is 293 g/mol. The zero-order valence-corrected chi connectivity index (χ0v) is 12.7. The number of halogens is 1. The lowest BCUT2D eigenvalue weighted by molar-refractivity contribution is 0.355. The molecule has 1 aliphatic carbocycles. The summed E-state index contributed by atoms with van der Waals surface area (Å²) in [7, 11) is -3.87. The van der Waals surface area contributed by atoms with Crippen LogP contribution >= 0.6 is 0 Å². The van der Waals surface area contributed by atoms with Gasteiger partial charge in [-0.05, 0) is 50.3 Å². The second-order valence-corrected chi connectivity index (χ2v) is 7.70. The Bertz CT molecular complexity index is 598. The third-order valence-corrected chi connectivity index (χ3v) is 5.82. The fraction of sp³-hybridized carbons (Fsp3) is 0.643. The van der Waals surface area contributed by atoms with E-state index in [1.165, 1.54) is 16.6 Å². The molecule has 3 rings (SSSR count). The lowest BCUT2D eigenvalue weighted by Gasteiger charge is -2.24. The highest BCUT2D eigenvalue weighted by molar-refractivity contribution is 7.89. The average Bonchev–Trinajstić information content (AvgIpc) is 3.12. The van der Waals surface area contributed by atoms with Crippen molar-refractivity contribution in [3.63, 3.8) is 0 Å². The van der Waals surface area contributed by atoms with Gasteiger partial charge >= 0.3 is 0 Å². The van der Waals surface area contributed by atoms with E-state index in [0.717, 1.165) is 38.3 Å². The zero-order valence-electron chi connectivity index (χ0n) is 11.8. The van der Waals surface area contributed by atoms with Crippen molar-refractivity contribution in [2.45, 2.75) is 36.8 Å². The number of pyridine rings is 1. The predicted octanol–water partition coefficient (Wildman–Crippen LogP) is 1.37. The molecule has 1 saturated heterocycles. The third kappa shape index (κ3) is 3.41. The Morgan fingerprint density at radius 2 is 2.14 bits per heavy atom. The normalized spacial score (nSPS) is 22.9. The summed E-state index contributed by atoms with van der Waals surface area (Å²) in [6.45, 7) is 1.78. The molecule has 5 nitrogen and oxygen atoms in total. The molecule has 2 aliphatic rings. The predicted molar refractivity (Wildman–Crippen MR) is 76.7 cm³/mol. The minimum atomic E-state index is -3.87. The molecule has 2 heterocycles. The molecule has 0 radical (unpaired) electrons. The second kappa shape index (κ2) is 5.98. The first-order valence-electron chi connectivity index (χ1n) is 7.41. The number of sulfonamides is 1. The fourth-order valence-electron chi connectivity index (χ4n) is 2.70. The molecule has 1 aromatic rings. The van der Waals surface area contributed by atoms with Crippen LogP contribution in [0.25, 0.3) is 0 Å². The van der Waals surface area contributed by atoms with E-state index in [0.29, 0.717) is 19.0 Å². The lowest BCUT2D eigenvalue weighted by Crippen LogP contribution is -2.42. The summed E-state index contributed by atoms with van der Waals surface area (Å²) in [5, 5.41) is 2.84. The van der Waals surface area contributed by atoms with E-state index in [4.69, 9.17) is 0 Å². The van der Waals surface area contributed by atoms with Gasteiger partial charge in [-0.2, -0.15) is 4.31 Å². The van der Waals surface area contributed by atoms with Gasteiger partial charge in [-0.15, -0.1) is 0 Å². The van der Waals surface area contributed by atoms with Gasteiger partial charge in [0.1, 0.15) is 0 Å². The summed E-state index contributed by atoms with van der Waals surface area (Å²) < 4.78 is 40.6. The zero-order chi connectivity index (χ0) is 14.9. The van der Waals surface area contributed by atoms with Crippen molar-refractivity contribution >= 4 is 10.0 Å². The van der Waals surface area contributed by atoms with Crippen molar-refractivity contribution in [2.75, 3.05) is 19.6 Å². The highest BCUT2D eigenvalue weighted by Gasteiger charge is 2.35. The Morgan fingerprint density at radius 3 is 2.76 bits per heavy atom. The van der Waals surface area contributed by atoms with Gasteiger partial charge in [-0.1, -0.05) is 0 Å². The van der Waals surface area contributed by atoms with E-state index in [2.05, 4.69) is 10.3 Å². The molecule has 1 N–H and O–H groups in total. The molecule has 1 unspecified atom stereocenters. The molecule has 0 spiro atoms. The Morgan fingerprint density at radius 1 is 1.33 bits per heavy atom. The van der Waals surface area contributed by atoms with Crippen LogP contribution in [0, 0.1) is 11.7 Å². The van der Waals surface area contributed by atoms with Gasteiger partial charge < -0.3 is 5.32 Å². The topological polar surface area (TPSA) is 62.3 Å². The van der Waals surface area contributed by atoms with Gasteiger partial charge in [-0.25, -0.2) is 17.8 Å². The van der Waals surface area contributed by atoms with E-state index in [9.17, 15) is 12.8 Å². The van der Waals surface area contributed by atoms with E-state index in [1.807, 2.05) is 0 Å². The quantitative estimate of drug-likeness (QED) is 0.862. The Labute approximate surface area is 124 Å². The maximum atomic E-state index is 13.8. The van der Waals surface area contributed by atoms with E-state index in [-0.39, 0.29) is 6.04 Å². The molecule has 1 aliphatic heterocycles. The fourth-order valence-corrected chi connectivity index (χ4v) is 4.24.